The second-order valence-electron chi connectivity index (χ2n) is 19.9. The summed E-state index contributed by atoms with van der Waals surface area (Å²) in [6.07, 6.45) is 32.8. The molecule has 0 saturated heterocycles. The minimum Gasteiger partial charge on any atom is -0.459 e. The lowest BCUT2D eigenvalue weighted by Gasteiger charge is -2.60. The van der Waals surface area contributed by atoms with Gasteiger partial charge in [-0.1, -0.05) is 160 Å². The summed E-state index contributed by atoms with van der Waals surface area (Å²) in [6.45, 7) is 14.6. The minimum absolute atomic E-state index is 0.0770. The molecule has 1 fully saturated rings. The number of allylic oxidation sites excluding steroid dienone is 1. The van der Waals surface area contributed by atoms with Gasteiger partial charge in [0.2, 0.25) is 11.7 Å². The fourth-order valence-electron chi connectivity index (χ4n) is 11.2. The third-order valence-electron chi connectivity index (χ3n) is 14.6. The van der Waals surface area contributed by atoms with Crippen molar-refractivity contribution in [1.82, 2.24) is 10.2 Å². The Morgan fingerprint density at radius 2 is 1.43 bits per heavy atom. The van der Waals surface area contributed by atoms with E-state index in [4.69, 9.17) is 24.2 Å². The van der Waals surface area contributed by atoms with Crippen molar-refractivity contribution in [1.29, 1.82) is 0 Å². The summed E-state index contributed by atoms with van der Waals surface area (Å²) in [5, 5.41) is 27.7. The second kappa shape index (κ2) is 33.2. The standard InChI is InChI=1S/C57H95N3O8/c1-6-11-13-15-17-19-21-23-25-29-37-58-56(64)67-46-35-36-51-49(43-46)54-47(33-28-31-40-62)45(32-27-30-39-61)42-48-50(59-66-10-5)44-52(57(68-51,55(48)54)65-41-9-4)60(38-8-3)53(63)34-26-24-22-20-18-16-14-12-7-2/h9,35-36,42-43,45,47,52,54-55,61-62H,4,6-8,10-34,37-41,44H2,1-3,5H3,(H,58,64). The molecule has 1 saturated carbocycles. The van der Waals surface area contributed by atoms with Gasteiger partial charge in [-0.2, -0.15) is 0 Å². The summed E-state index contributed by atoms with van der Waals surface area (Å²) >= 11 is 0. The highest BCUT2D eigenvalue weighted by Gasteiger charge is 2.65. The maximum absolute atomic E-state index is 14.7. The average Bonchev–Trinajstić information content (AvgIpc) is 3.34. The number of hydrogen-bond acceptors (Lipinski definition) is 9. The molecule has 3 aliphatic rings. The predicted octanol–water partition coefficient (Wildman–Crippen LogP) is 13.5. The Balaban J connectivity index is 1.70. The highest BCUT2D eigenvalue weighted by atomic mass is 16.7. The Labute approximate surface area is 412 Å². The molecule has 1 heterocycles. The SMILES string of the molecule is C=CCOC12Oc3ccc(OC(=O)NCCCCCCCCCCCC)cc3C3C(CCCCO)C(CCCCO)C=C(C(=NOCC)CC1N(CCC)C(=O)CCCCCCCCCCC)C32. The number of benzene rings is 1. The molecule has 386 valence electrons. The largest absolute Gasteiger partial charge is 0.459 e. The molecular formula is C57H95N3O8. The van der Waals surface area contributed by atoms with Gasteiger partial charge in [0.25, 0.3) is 0 Å². The summed E-state index contributed by atoms with van der Waals surface area (Å²) in [6, 6.07) is 5.17. The molecule has 0 spiro atoms. The lowest BCUT2D eigenvalue weighted by atomic mass is 9.55. The van der Waals surface area contributed by atoms with E-state index in [9.17, 15) is 19.8 Å². The van der Waals surface area contributed by atoms with E-state index in [1.54, 1.807) is 12.1 Å². The summed E-state index contributed by atoms with van der Waals surface area (Å²) in [7, 11) is 0. The van der Waals surface area contributed by atoms with Crippen LogP contribution in [0, 0.1) is 17.8 Å². The Kier molecular flexibility index (Phi) is 27.9. The van der Waals surface area contributed by atoms with Gasteiger partial charge in [-0.25, -0.2) is 4.79 Å². The lowest BCUT2D eigenvalue weighted by molar-refractivity contribution is -0.257. The number of rotatable bonds is 38. The van der Waals surface area contributed by atoms with E-state index >= 15 is 0 Å². The van der Waals surface area contributed by atoms with Gasteiger partial charge in [0.05, 0.1) is 18.2 Å². The number of carbonyl (C=O) groups is 2. The van der Waals surface area contributed by atoms with Gasteiger partial charge in [-0.15, -0.1) is 6.58 Å². The fraction of sp³-hybridized carbons (Fsp3) is 0.772. The molecule has 1 aromatic rings. The number of aliphatic hydroxyl groups is 2. The number of hydrogen-bond donors (Lipinski definition) is 3. The van der Waals surface area contributed by atoms with Crippen LogP contribution >= 0.6 is 0 Å². The van der Waals surface area contributed by atoms with E-state index in [0.29, 0.717) is 56.9 Å². The third kappa shape index (κ3) is 17.5. The second-order valence-corrected chi connectivity index (χ2v) is 19.9. The van der Waals surface area contributed by atoms with Crippen LogP contribution < -0.4 is 14.8 Å². The zero-order chi connectivity index (χ0) is 48.8. The maximum Gasteiger partial charge on any atom is 0.412 e. The topological polar surface area (TPSA) is 139 Å². The van der Waals surface area contributed by atoms with Gasteiger partial charge < -0.3 is 39.5 Å². The molecule has 3 N–H and O–H groups in total. The van der Waals surface area contributed by atoms with Crippen LogP contribution in [0.15, 0.2) is 47.7 Å². The van der Waals surface area contributed by atoms with Crippen LogP contribution in [-0.2, 0) is 14.4 Å². The van der Waals surface area contributed by atoms with Crippen LogP contribution in [-0.4, -0.2) is 84.2 Å². The first kappa shape index (κ1) is 57.2. The molecule has 0 radical (unpaired) electrons. The molecule has 6 unspecified atom stereocenters. The van der Waals surface area contributed by atoms with Crippen molar-refractivity contribution in [3.05, 3.63) is 48.1 Å². The van der Waals surface area contributed by atoms with Crippen molar-refractivity contribution in [2.75, 3.05) is 39.5 Å². The number of aliphatic hydroxyl groups excluding tert-OH is 2. The van der Waals surface area contributed by atoms with E-state index in [1.165, 1.54) is 89.9 Å². The average molecular weight is 950 g/mol. The molecule has 11 nitrogen and oxygen atoms in total. The van der Waals surface area contributed by atoms with E-state index < -0.39 is 23.8 Å². The van der Waals surface area contributed by atoms with Gasteiger partial charge in [0, 0.05) is 50.6 Å². The number of fused-ring (bicyclic) bond motifs is 2. The number of unbranched alkanes of at least 4 members (excludes halogenated alkanes) is 19. The number of amides is 2. The van der Waals surface area contributed by atoms with Crippen molar-refractivity contribution < 1.29 is 38.9 Å². The Morgan fingerprint density at radius 3 is 2.03 bits per heavy atom. The van der Waals surface area contributed by atoms with Crippen LogP contribution in [0.25, 0.3) is 0 Å². The smallest absolute Gasteiger partial charge is 0.412 e. The van der Waals surface area contributed by atoms with Crippen LogP contribution in [0.3, 0.4) is 0 Å². The molecule has 4 rings (SSSR count). The van der Waals surface area contributed by atoms with Gasteiger partial charge in [-0.05, 0) is 87.5 Å². The highest BCUT2D eigenvalue weighted by Crippen LogP contribution is 2.62. The van der Waals surface area contributed by atoms with Gasteiger partial charge in [0.1, 0.15) is 24.1 Å². The monoisotopic (exact) mass is 950 g/mol. The van der Waals surface area contributed by atoms with Gasteiger partial charge >= 0.3 is 6.09 Å². The first-order valence-corrected chi connectivity index (χ1v) is 27.8. The predicted molar refractivity (Wildman–Crippen MR) is 276 cm³/mol. The van der Waals surface area contributed by atoms with Crippen molar-refractivity contribution in [2.45, 2.75) is 225 Å². The maximum atomic E-state index is 14.7. The van der Waals surface area contributed by atoms with Crippen LogP contribution in [0.1, 0.15) is 219 Å². The van der Waals surface area contributed by atoms with E-state index in [-0.39, 0.29) is 43.5 Å². The number of nitrogens with one attached hydrogen (secondary N) is 1. The molecule has 0 aromatic heterocycles. The fourth-order valence-corrected chi connectivity index (χ4v) is 11.2. The van der Waals surface area contributed by atoms with E-state index in [1.807, 2.05) is 24.0 Å². The number of oxime groups is 1. The summed E-state index contributed by atoms with van der Waals surface area (Å²) in [5.41, 5.74) is 2.73. The Hall–Kier alpha value is -3.41. The zero-order valence-corrected chi connectivity index (χ0v) is 43.3. The highest BCUT2D eigenvalue weighted by molar-refractivity contribution is 6.03. The summed E-state index contributed by atoms with van der Waals surface area (Å²) in [4.78, 5) is 36.0. The van der Waals surface area contributed by atoms with Crippen LogP contribution in [0.4, 0.5) is 4.79 Å². The summed E-state index contributed by atoms with van der Waals surface area (Å²) < 4.78 is 20.5. The molecule has 11 heteroatoms. The minimum atomic E-state index is -1.30. The van der Waals surface area contributed by atoms with E-state index in [0.717, 1.165) is 81.1 Å². The quantitative estimate of drug-likeness (QED) is 0.0338. The first-order chi connectivity index (χ1) is 33.3. The molecule has 6 atom stereocenters. The number of nitrogens with zero attached hydrogens (tertiary/aromatic N) is 2. The van der Waals surface area contributed by atoms with E-state index in [2.05, 4.69) is 38.7 Å². The van der Waals surface area contributed by atoms with Gasteiger partial charge in [-0.3, -0.25) is 4.79 Å². The van der Waals surface area contributed by atoms with Gasteiger partial charge in [0.15, 0.2) is 0 Å². The molecule has 0 bridgehead atoms. The van der Waals surface area contributed by atoms with Crippen molar-refractivity contribution in [3.63, 3.8) is 0 Å². The zero-order valence-electron chi connectivity index (χ0n) is 43.3. The molecule has 1 aromatic carbocycles. The molecule has 2 amide bonds. The summed E-state index contributed by atoms with van der Waals surface area (Å²) in [5.74, 6) is -0.522. The third-order valence-corrected chi connectivity index (χ3v) is 14.6. The first-order valence-electron chi connectivity index (χ1n) is 27.8. The normalized spacial score (nSPS) is 22.2. The van der Waals surface area contributed by atoms with Crippen LogP contribution in [0.5, 0.6) is 11.5 Å². The number of carbonyl (C=O) groups excluding carboxylic acids is 2. The Morgan fingerprint density at radius 1 is 0.809 bits per heavy atom. The molecule has 2 aliphatic carbocycles. The molecule has 1 aliphatic heterocycles. The molecular weight excluding hydrogens is 855 g/mol. The molecule has 68 heavy (non-hydrogen) atoms. The van der Waals surface area contributed by atoms with Crippen molar-refractivity contribution >= 4 is 17.7 Å². The lowest BCUT2D eigenvalue weighted by Crippen LogP contribution is -2.70. The Bertz CT molecular complexity index is 1650. The number of ether oxygens (including phenoxy) is 3. The van der Waals surface area contributed by atoms with Crippen molar-refractivity contribution in [2.24, 2.45) is 22.9 Å². The van der Waals surface area contributed by atoms with Crippen molar-refractivity contribution in [3.8, 4) is 11.5 Å². The van der Waals surface area contributed by atoms with Crippen LogP contribution in [0.2, 0.25) is 0 Å².